The van der Waals surface area contributed by atoms with Crippen LogP contribution in [0.1, 0.15) is 115 Å². The molecular weight excluding hydrogens is 1580 g/mol. The van der Waals surface area contributed by atoms with Crippen molar-refractivity contribution in [1.82, 2.24) is 58.8 Å². The Morgan fingerprint density at radius 3 is 1.40 bits per heavy atom. The van der Waals surface area contributed by atoms with E-state index in [1.54, 1.807) is 139 Å². The molecule has 0 unspecified atom stereocenters. The molecule has 5 aromatic heterocycles. The van der Waals surface area contributed by atoms with Crippen molar-refractivity contribution in [3.05, 3.63) is 248 Å². The highest BCUT2D eigenvalue weighted by Gasteiger charge is 2.40. The largest absolute Gasteiger partial charge is 0.453 e. The average Bonchev–Trinajstić information content (AvgIpc) is 1.25. The second-order valence-corrected chi connectivity index (χ2v) is 33.2. The zero-order valence-corrected chi connectivity index (χ0v) is 70.3. The second kappa shape index (κ2) is 35.0. The number of nitrogens with zero attached hydrogens (tertiary/aromatic N) is 8. The van der Waals surface area contributed by atoms with E-state index in [1.807, 2.05) is 0 Å². The van der Waals surface area contributed by atoms with E-state index < -0.39 is 141 Å². The van der Waals surface area contributed by atoms with Gasteiger partial charge in [0.05, 0.1) is 65.8 Å². The molecule has 6 amide bonds. The molecule has 9 N–H and O–H groups in total. The number of nitrogens with one attached hydrogen (secondary N) is 8. The van der Waals surface area contributed by atoms with Crippen LogP contribution in [0.2, 0.25) is 0 Å². The van der Waals surface area contributed by atoms with Crippen LogP contribution in [0.15, 0.2) is 181 Å². The van der Waals surface area contributed by atoms with E-state index in [0.29, 0.717) is 42.6 Å². The van der Waals surface area contributed by atoms with Crippen LogP contribution in [0.25, 0.3) is 66.7 Å². The highest BCUT2D eigenvalue weighted by atomic mass is 19.1. The quantitative estimate of drug-likeness (QED) is 0.0227. The molecule has 0 spiro atoms. The van der Waals surface area contributed by atoms with Crippen LogP contribution in [-0.2, 0) is 55.7 Å². The smallest absolute Gasteiger partial charge is 0.407 e. The molecular formula is C90H96F2N16O15. The Labute approximate surface area is 703 Å². The van der Waals surface area contributed by atoms with E-state index in [-0.39, 0.29) is 113 Å². The van der Waals surface area contributed by atoms with Gasteiger partial charge in [0, 0.05) is 87.4 Å². The Kier molecular flexibility index (Phi) is 24.7. The lowest BCUT2D eigenvalue weighted by molar-refractivity contribution is -0.132. The first-order chi connectivity index (χ1) is 58.3. The van der Waals surface area contributed by atoms with Crippen molar-refractivity contribution < 1.29 is 52.1 Å². The van der Waals surface area contributed by atoms with Gasteiger partial charge in [0.25, 0.3) is 28.1 Å². The van der Waals surface area contributed by atoms with Crippen molar-refractivity contribution in [2.24, 2.45) is 24.9 Å². The minimum Gasteiger partial charge on any atom is -0.453 e. The summed E-state index contributed by atoms with van der Waals surface area (Å²) in [5, 5.41) is 33.7. The van der Waals surface area contributed by atoms with Gasteiger partial charge in [-0.1, -0.05) is 102 Å². The number of aliphatic hydroxyl groups excluding tert-OH is 1. The summed E-state index contributed by atoms with van der Waals surface area (Å²) in [6.07, 6.45) is -0.0741. The molecule has 640 valence electrons. The van der Waals surface area contributed by atoms with Crippen LogP contribution < -0.4 is 76.3 Å². The fourth-order valence-corrected chi connectivity index (χ4v) is 15.5. The van der Waals surface area contributed by atoms with Crippen molar-refractivity contribution in [1.29, 1.82) is 0 Å². The number of carbonyl (C=O) groups is 6. The molecule has 0 aliphatic heterocycles. The summed E-state index contributed by atoms with van der Waals surface area (Å²) in [4.78, 5) is 175. The predicted molar refractivity (Wildman–Crippen MR) is 464 cm³/mol. The van der Waals surface area contributed by atoms with E-state index in [1.165, 1.54) is 111 Å². The Morgan fingerprint density at radius 1 is 0.545 bits per heavy atom. The van der Waals surface area contributed by atoms with Gasteiger partial charge in [0.15, 0.2) is 0 Å². The van der Waals surface area contributed by atoms with Gasteiger partial charge in [0.1, 0.15) is 46.1 Å². The molecule has 2 aliphatic carbocycles. The number of carbonyl (C=O) groups excluding carboxylic acids is 6. The highest BCUT2D eigenvalue weighted by Crippen LogP contribution is 2.44. The number of aryl methyl sites for hydroxylation is 2. The number of benzene rings is 6. The third kappa shape index (κ3) is 18.2. The number of aromatic nitrogens is 7. The van der Waals surface area contributed by atoms with Crippen LogP contribution in [0, 0.1) is 36.3 Å². The third-order valence-electron chi connectivity index (χ3n) is 21.8. The van der Waals surface area contributed by atoms with E-state index in [0.717, 1.165) is 32.5 Å². The summed E-state index contributed by atoms with van der Waals surface area (Å²) in [7, 11) is 5.05. The number of amides is 6. The molecule has 2 fully saturated rings. The van der Waals surface area contributed by atoms with Crippen LogP contribution in [-0.4, -0.2) is 123 Å². The maximum Gasteiger partial charge on any atom is 0.407 e. The van der Waals surface area contributed by atoms with Gasteiger partial charge in [0.2, 0.25) is 17.7 Å². The molecule has 0 saturated heterocycles. The summed E-state index contributed by atoms with van der Waals surface area (Å²) in [6, 6.07) is 33.1. The van der Waals surface area contributed by atoms with Crippen molar-refractivity contribution in [2.45, 2.75) is 144 Å². The summed E-state index contributed by atoms with van der Waals surface area (Å²) in [5.74, 6) is -4.62. The molecule has 4 atom stereocenters. The zero-order chi connectivity index (χ0) is 88.7. The number of pyridine rings is 3. The minimum absolute atomic E-state index is 0.000518. The van der Waals surface area contributed by atoms with Gasteiger partial charge in [-0.05, 0) is 175 Å². The zero-order valence-electron chi connectivity index (χ0n) is 70.3. The first kappa shape index (κ1) is 86.9. The highest BCUT2D eigenvalue weighted by molar-refractivity contribution is 5.99. The standard InChI is InChI=1S/C90H96F2N16O15/c1-47-73-71(83(116)107(57-31-32-57)87(120)105(73)59-26-20-24-55(43-59)94-49(3)109)77(102(11)81(47)114)96-65-35-29-53(41-63(65)91)61-38-52(45-104(101-80(113)76(90(8,9)10)100-86(119)123-14)46-69(111)68(40-51-22-16-15-17-23-51)98-79(112)75(89(5,6)7)99-85(118)122-13)39-62(70(61)67-28-18-19-37-93-67)54-30-36-66(64(92)42-54)97-78-72-74(48(2)82(115)103(78)12)106(88(121)108(84(72)117)58-33-34-58)60-27-21-25-56(44-60)95-50(4)110/h15-30,35-39,41-44,57-58,68-69,75-76,96-97,111H,31-34,40,45-46H2,1-14H3,(H,94,109)(H,95,110)(H,98,112)(H,99,118)(H,100,119)(H,101,113)/t68-,69-,75+,76+/m0/s1. The SMILES string of the molecule is COC(=O)N[C@H](C(=O)N[C@@H](Cc1ccccc1)[C@@H](O)CN(Cc1cc(-c2ccc(Nc3c4c(=O)n(C5CC5)c(=O)n(-c5cccc(NC(C)=O)c5)c4c(C)c(=O)n3C)c(F)c2)c(-c2ccccn2)c(-c2ccc(Nc3c4c(=O)n(C5CC5)c(=O)n(-c5cccc(NC(C)=O)c5)c4c(C)c(=O)n3C)c(F)c2)c1)NC(=O)[C@@H](NC(=O)OC)C(C)(C)C)C(C)(C)C. The van der Waals surface area contributed by atoms with Crippen LogP contribution >= 0.6 is 0 Å². The number of hydrogen-bond donors (Lipinski definition) is 9. The van der Waals surface area contributed by atoms with Gasteiger partial charge in [-0.3, -0.25) is 76.2 Å². The first-order valence-electron chi connectivity index (χ1n) is 39.9. The molecule has 123 heavy (non-hydrogen) atoms. The average molecular weight is 1680 g/mol. The summed E-state index contributed by atoms with van der Waals surface area (Å²) in [6.45, 7) is 14.9. The Hall–Kier alpha value is -14.0. The lowest BCUT2D eigenvalue weighted by Gasteiger charge is -2.36. The number of methoxy groups -OCH3 is 2. The Morgan fingerprint density at radius 2 is 0.992 bits per heavy atom. The molecule has 31 nitrogen and oxygen atoms in total. The number of halogens is 2. The maximum absolute atomic E-state index is 18.2. The fraction of sp³-hybridized carbons (Fsp3) is 0.322. The van der Waals surface area contributed by atoms with Crippen LogP contribution in [0.5, 0.6) is 0 Å². The second-order valence-electron chi connectivity index (χ2n) is 33.2. The van der Waals surface area contributed by atoms with Gasteiger partial charge < -0.3 is 51.8 Å². The fourth-order valence-electron chi connectivity index (χ4n) is 15.5. The first-order valence-corrected chi connectivity index (χ1v) is 39.9. The summed E-state index contributed by atoms with van der Waals surface area (Å²) < 4.78 is 53.4. The Bertz CT molecular complexity index is 6190. The van der Waals surface area contributed by atoms with E-state index in [9.17, 15) is 48.3 Å². The van der Waals surface area contributed by atoms with Gasteiger partial charge >= 0.3 is 23.6 Å². The number of fused-ring (bicyclic) bond motifs is 2. The molecule has 13 rings (SSSR count). The van der Waals surface area contributed by atoms with Gasteiger partial charge in [-0.15, -0.1) is 0 Å². The monoisotopic (exact) mass is 1680 g/mol. The third-order valence-corrected chi connectivity index (χ3v) is 21.8. The van der Waals surface area contributed by atoms with Gasteiger partial charge in [-0.2, -0.15) is 0 Å². The molecule has 5 heterocycles. The number of hydrogen-bond acceptors (Lipinski definition) is 19. The topological polar surface area (TPSA) is 385 Å². The van der Waals surface area contributed by atoms with E-state index >= 15 is 23.2 Å². The molecule has 33 heteroatoms. The molecule has 2 saturated carbocycles. The van der Waals surface area contributed by atoms with Crippen molar-refractivity contribution in [2.75, 3.05) is 42.0 Å². The predicted octanol–water partition coefficient (Wildman–Crippen LogP) is 10.8. The molecule has 0 radical (unpaired) electrons. The summed E-state index contributed by atoms with van der Waals surface area (Å²) in [5.41, 5.74) is -0.962. The molecule has 2 aliphatic rings. The Balaban J connectivity index is 1.01. The normalized spacial score (nSPS) is 13.8. The minimum atomic E-state index is -1.63. The lowest BCUT2D eigenvalue weighted by atomic mass is 9.85. The van der Waals surface area contributed by atoms with Gasteiger partial charge in [-0.25, -0.2) is 33.0 Å². The molecule has 6 aromatic carbocycles. The molecule has 0 bridgehead atoms. The number of aliphatic hydroxyl groups is 1. The van der Waals surface area contributed by atoms with Crippen molar-refractivity contribution >= 4 is 92.0 Å². The molecule has 11 aromatic rings. The van der Waals surface area contributed by atoms with Crippen LogP contribution in [0.4, 0.5) is 52.8 Å². The van der Waals surface area contributed by atoms with E-state index in [4.69, 9.17) is 14.5 Å². The lowest BCUT2D eigenvalue weighted by Crippen LogP contribution is -2.60. The summed E-state index contributed by atoms with van der Waals surface area (Å²) >= 11 is 0. The number of alkyl carbamates (subject to hydrolysis) is 2. The van der Waals surface area contributed by atoms with Crippen molar-refractivity contribution in [3.8, 4) is 44.9 Å². The van der Waals surface area contributed by atoms with Crippen molar-refractivity contribution in [3.63, 3.8) is 0 Å². The number of hydrazine groups is 1. The maximum atomic E-state index is 18.2. The number of rotatable bonds is 26. The number of ether oxygens (including phenoxy) is 2. The number of anilines is 6. The van der Waals surface area contributed by atoms with E-state index in [2.05, 4.69) is 42.6 Å². The van der Waals surface area contributed by atoms with Crippen LogP contribution in [0.3, 0.4) is 0 Å².